The molecule has 1 heterocycles. The largest absolute Gasteiger partial charge is 0.490 e. The first-order valence-corrected chi connectivity index (χ1v) is 9.96. The van der Waals surface area contributed by atoms with E-state index in [-0.39, 0.29) is 34.5 Å². The smallest absolute Gasteiger partial charge is 0.344 e. The number of rotatable bonds is 7. The van der Waals surface area contributed by atoms with E-state index in [1.165, 1.54) is 49.4 Å². The van der Waals surface area contributed by atoms with E-state index in [1.54, 1.807) is 13.0 Å². The molecule has 1 unspecified atom stereocenters. The Morgan fingerprint density at radius 2 is 1.97 bits per heavy atom. The van der Waals surface area contributed by atoms with E-state index in [0.717, 1.165) is 4.90 Å². The molecular formula is C22H19FN2O6S. The summed E-state index contributed by atoms with van der Waals surface area (Å²) in [6, 6.07) is 10.1. The zero-order chi connectivity index (χ0) is 23.4. The molecule has 3 rings (SSSR count). The number of hydrogen-bond donors (Lipinski definition) is 2. The molecule has 10 heteroatoms. The normalized spacial score (nSPS) is 16.0. The number of carboxylic acids is 1. The number of thiocarbonyl (C=S) groups is 1. The van der Waals surface area contributed by atoms with Crippen LogP contribution in [0.25, 0.3) is 6.08 Å². The highest BCUT2D eigenvalue weighted by atomic mass is 32.1. The Kier molecular flexibility index (Phi) is 6.84. The van der Waals surface area contributed by atoms with Crippen LogP contribution in [0.15, 0.2) is 48.0 Å². The van der Waals surface area contributed by atoms with Crippen molar-refractivity contribution in [2.45, 2.75) is 20.0 Å². The number of nitrogens with one attached hydrogen (secondary N) is 1. The number of anilines is 1. The predicted octanol–water partition coefficient (Wildman–Crippen LogP) is 2.91. The minimum atomic E-state index is -1.15. The highest BCUT2D eigenvalue weighted by molar-refractivity contribution is 7.80. The number of halogens is 1. The number of benzene rings is 2. The first-order chi connectivity index (χ1) is 15.2. The van der Waals surface area contributed by atoms with Gasteiger partial charge in [0.1, 0.15) is 11.4 Å². The van der Waals surface area contributed by atoms with Gasteiger partial charge in [0.15, 0.2) is 22.7 Å². The number of carbonyl (C=O) groups is 3. The zero-order valence-corrected chi connectivity index (χ0v) is 17.9. The van der Waals surface area contributed by atoms with Crippen LogP contribution in [0.1, 0.15) is 19.4 Å². The van der Waals surface area contributed by atoms with Crippen LogP contribution in [0.3, 0.4) is 0 Å². The van der Waals surface area contributed by atoms with E-state index >= 15 is 0 Å². The molecule has 166 valence electrons. The first-order valence-electron chi connectivity index (χ1n) is 9.55. The summed E-state index contributed by atoms with van der Waals surface area (Å²) in [5, 5.41) is 11.2. The van der Waals surface area contributed by atoms with Gasteiger partial charge in [-0.2, -0.15) is 0 Å². The third-order valence-electron chi connectivity index (χ3n) is 4.43. The molecule has 0 aliphatic carbocycles. The van der Waals surface area contributed by atoms with Gasteiger partial charge < -0.3 is 14.6 Å². The molecule has 1 fully saturated rings. The summed E-state index contributed by atoms with van der Waals surface area (Å²) in [7, 11) is 0. The van der Waals surface area contributed by atoms with Crippen molar-refractivity contribution in [1.82, 2.24) is 5.32 Å². The third kappa shape index (κ3) is 4.75. The summed E-state index contributed by atoms with van der Waals surface area (Å²) in [5.41, 5.74) is 0.0512. The van der Waals surface area contributed by atoms with Gasteiger partial charge in [0.05, 0.1) is 12.3 Å². The maximum absolute atomic E-state index is 14.3. The second-order valence-corrected chi connectivity index (χ2v) is 7.03. The van der Waals surface area contributed by atoms with Crippen molar-refractivity contribution in [2.75, 3.05) is 11.5 Å². The fourth-order valence-electron chi connectivity index (χ4n) is 2.90. The van der Waals surface area contributed by atoms with Gasteiger partial charge >= 0.3 is 5.97 Å². The second-order valence-electron chi connectivity index (χ2n) is 6.65. The molecule has 1 aliphatic heterocycles. The summed E-state index contributed by atoms with van der Waals surface area (Å²) in [6.45, 7) is 3.38. The Bertz CT molecular complexity index is 1130. The van der Waals surface area contributed by atoms with Gasteiger partial charge in [0.25, 0.3) is 11.8 Å². The number of carboxylic acid groups (broad SMARTS) is 1. The molecule has 0 spiro atoms. The molecule has 2 N–H and O–H groups in total. The Morgan fingerprint density at radius 1 is 1.25 bits per heavy atom. The van der Waals surface area contributed by atoms with Crippen LogP contribution in [-0.4, -0.2) is 40.7 Å². The van der Waals surface area contributed by atoms with Gasteiger partial charge in [0.2, 0.25) is 0 Å². The third-order valence-corrected chi connectivity index (χ3v) is 4.71. The minimum absolute atomic E-state index is 0.0881. The number of aliphatic carboxylic acids is 1. The number of nitrogens with zero attached hydrogens (tertiary/aromatic N) is 1. The summed E-state index contributed by atoms with van der Waals surface area (Å²) in [6.07, 6.45) is 0.194. The minimum Gasteiger partial charge on any atom is -0.490 e. The van der Waals surface area contributed by atoms with Gasteiger partial charge in [-0.05, 0) is 62.0 Å². The molecular weight excluding hydrogens is 439 g/mol. The lowest BCUT2D eigenvalue weighted by Gasteiger charge is -2.29. The van der Waals surface area contributed by atoms with Crippen LogP contribution in [0.4, 0.5) is 10.1 Å². The Balaban J connectivity index is 1.98. The van der Waals surface area contributed by atoms with Crippen LogP contribution in [0.5, 0.6) is 11.5 Å². The highest BCUT2D eigenvalue weighted by Gasteiger charge is 2.35. The molecule has 0 radical (unpaired) electrons. The fourth-order valence-corrected chi connectivity index (χ4v) is 3.17. The van der Waals surface area contributed by atoms with Crippen molar-refractivity contribution in [2.24, 2.45) is 0 Å². The Labute approximate surface area is 188 Å². The van der Waals surface area contributed by atoms with Gasteiger partial charge in [-0.15, -0.1) is 0 Å². The molecule has 2 aromatic rings. The second kappa shape index (κ2) is 9.56. The van der Waals surface area contributed by atoms with Crippen molar-refractivity contribution in [3.63, 3.8) is 0 Å². The highest BCUT2D eigenvalue weighted by Crippen LogP contribution is 2.31. The molecule has 1 atom stereocenters. The van der Waals surface area contributed by atoms with E-state index in [4.69, 9.17) is 26.8 Å². The molecule has 1 saturated heterocycles. The lowest BCUT2D eigenvalue weighted by atomic mass is 10.1. The van der Waals surface area contributed by atoms with Crippen molar-refractivity contribution in [3.8, 4) is 11.5 Å². The molecule has 0 saturated carbocycles. The van der Waals surface area contributed by atoms with Crippen molar-refractivity contribution < 1.29 is 33.4 Å². The molecule has 2 amide bonds. The lowest BCUT2D eigenvalue weighted by molar-refractivity contribution is -0.144. The summed E-state index contributed by atoms with van der Waals surface area (Å²) < 4.78 is 25.2. The van der Waals surface area contributed by atoms with Crippen LogP contribution in [-0.2, 0) is 14.4 Å². The average Bonchev–Trinajstić information content (AvgIpc) is 2.74. The fraction of sp³-hybridized carbons (Fsp3) is 0.182. The molecule has 1 aliphatic rings. The summed E-state index contributed by atoms with van der Waals surface area (Å²) >= 11 is 5.07. The monoisotopic (exact) mass is 458 g/mol. The quantitative estimate of drug-likeness (QED) is 0.373. The SMILES string of the molecule is CCOc1cc(/C=C2\C(=O)NC(=S)N(c3ccccc3F)C2=O)ccc1OC(C)C(=O)O. The number of amides is 2. The summed E-state index contributed by atoms with van der Waals surface area (Å²) in [5.74, 6) is -2.91. The number of para-hydroxylation sites is 1. The molecule has 2 aromatic carbocycles. The van der Waals surface area contributed by atoms with Gasteiger partial charge in [-0.3, -0.25) is 14.9 Å². The van der Waals surface area contributed by atoms with E-state index in [2.05, 4.69) is 5.32 Å². The van der Waals surface area contributed by atoms with Crippen molar-refractivity contribution in [1.29, 1.82) is 0 Å². The topological polar surface area (TPSA) is 105 Å². The standard InChI is InChI=1S/C22H19FN2O6S/c1-3-30-18-11-13(8-9-17(18)31-12(2)21(28)29)10-14-19(26)24-22(32)25(20(14)27)16-7-5-4-6-15(16)23/h4-12H,3H2,1-2H3,(H,28,29)(H,24,26,32)/b14-10+. The van der Waals surface area contributed by atoms with E-state index in [1.807, 2.05) is 0 Å². The Morgan fingerprint density at radius 3 is 2.62 bits per heavy atom. The van der Waals surface area contributed by atoms with Crippen LogP contribution < -0.4 is 19.7 Å². The van der Waals surface area contributed by atoms with Crippen LogP contribution >= 0.6 is 12.2 Å². The van der Waals surface area contributed by atoms with Gasteiger partial charge in [0, 0.05) is 0 Å². The summed E-state index contributed by atoms with van der Waals surface area (Å²) in [4.78, 5) is 37.5. The number of carbonyl (C=O) groups excluding carboxylic acids is 2. The molecule has 8 nitrogen and oxygen atoms in total. The maximum Gasteiger partial charge on any atom is 0.344 e. The molecule has 0 bridgehead atoms. The van der Waals surface area contributed by atoms with Gasteiger partial charge in [-0.1, -0.05) is 18.2 Å². The predicted molar refractivity (Wildman–Crippen MR) is 118 cm³/mol. The van der Waals surface area contributed by atoms with E-state index in [9.17, 15) is 18.8 Å². The zero-order valence-electron chi connectivity index (χ0n) is 17.1. The van der Waals surface area contributed by atoms with E-state index < -0.39 is 29.7 Å². The maximum atomic E-state index is 14.3. The van der Waals surface area contributed by atoms with E-state index in [0.29, 0.717) is 5.56 Å². The number of hydrogen-bond acceptors (Lipinski definition) is 6. The van der Waals surface area contributed by atoms with Crippen molar-refractivity contribution >= 4 is 46.9 Å². The number of ether oxygens (including phenoxy) is 2. The van der Waals surface area contributed by atoms with Crippen LogP contribution in [0.2, 0.25) is 0 Å². The van der Waals surface area contributed by atoms with Gasteiger partial charge in [-0.25, -0.2) is 14.1 Å². The molecule has 32 heavy (non-hydrogen) atoms. The molecule has 0 aromatic heterocycles. The average molecular weight is 458 g/mol. The Hall–Kier alpha value is -3.79. The van der Waals surface area contributed by atoms with Crippen LogP contribution in [0, 0.1) is 5.82 Å². The lowest BCUT2D eigenvalue weighted by Crippen LogP contribution is -2.54. The van der Waals surface area contributed by atoms with Crippen molar-refractivity contribution in [3.05, 3.63) is 59.4 Å². The first kappa shape index (κ1) is 22.9.